The molecule has 4 unspecified atom stereocenters. The monoisotopic (exact) mass is 244 g/mol. The lowest BCUT2D eigenvalue weighted by atomic mass is 9.85. The van der Waals surface area contributed by atoms with E-state index < -0.39 is 18.0 Å². The van der Waals surface area contributed by atoms with Crippen LogP contribution < -0.4 is 0 Å². The van der Waals surface area contributed by atoms with Crippen molar-refractivity contribution in [2.24, 2.45) is 5.92 Å². The van der Waals surface area contributed by atoms with E-state index in [1.165, 1.54) is 0 Å². The highest BCUT2D eigenvalue weighted by atomic mass is 16.7. The lowest BCUT2D eigenvalue weighted by molar-refractivity contribution is -0.215. The maximum atomic E-state index is 10.8. The third kappa shape index (κ3) is 3.40. The molecule has 2 fully saturated rings. The van der Waals surface area contributed by atoms with Gasteiger partial charge in [-0.15, -0.1) is 0 Å². The van der Waals surface area contributed by atoms with Gasteiger partial charge in [-0.2, -0.15) is 0 Å². The van der Waals surface area contributed by atoms with Crippen molar-refractivity contribution in [3.8, 4) is 0 Å². The predicted octanol–water partition coefficient (Wildman–Crippen LogP) is 1.14. The fourth-order valence-electron chi connectivity index (χ4n) is 2.52. The van der Waals surface area contributed by atoms with Crippen LogP contribution in [-0.2, 0) is 14.3 Å². The van der Waals surface area contributed by atoms with Gasteiger partial charge < -0.3 is 19.7 Å². The first-order valence-electron chi connectivity index (χ1n) is 6.34. The average molecular weight is 244 g/mol. The van der Waals surface area contributed by atoms with E-state index in [2.05, 4.69) is 0 Å². The molecule has 4 atom stereocenters. The van der Waals surface area contributed by atoms with Crippen molar-refractivity contribution in [1.82, 2.24) is 0 Å². The number of hydrogen-bond donors (Lipinski definition) is 2. The molecule has 1 aliphatic carbocycles. The second kappa shape index (κ2) is 5.80. The molecule has 0 aromatic carbocycles. The Morgan fingerprint density at radius 1 is 1.24 bits per heavy atom. The zero-order valence-electron chi connectivity index (χ0n) is 9.88. The van der Waals surface area contributed by atoms with Gasteiger partial charge in [0.1, 0.15) is 0 Å². The van der Waals surface area contributed by atoms with Gasteiger partial charge in [0.2, 0.25) is 0 Å². The zero-order chi connectivity index (χ0) is 12.3. The number of carboxylic acids is 1. The first-order chi connectivity index (χ1) is 8.16. The van der Waals surface area contributed by atoms with Crippen LogP contribution in [0.3, 0.4) is 0 Å². The number of hydrogen-bond acceptors (Lipinski definition) is 4. The van der Waals surface area contributed by atoms with Gasteiger partial charge in [-0.3, -0.25) is 4.79 Å². The number of aliphatic carboxylic acids is 1. The normalized spacial score (nSPS) is 38.9. The number of carboxylic acid groups (broad SMARTS) is 1. The molecule has 0 spiro atoms. The first-order valence-corrected chi connectivity index (χ1v) is 6.34. The molecule has 1 aliphatic heterocycles. The molecule has 0 radical (unpaired) electrons. The van der Waals surface area contributed by atoms with Crippen molar-refractivity contribution in [3.05, 3.63) is 0 Å². The van der Waals surface area contributed by atoms with Crippen molar-refractivity contribution < 1.29 is 24.5 Å². The molecule has 0 amide bonds. The van der Waals surface area contributed by atoms with E-state index in [1.807, 2.05) is 0 Å². The molecule has 0 bridgehead atoms. The molecule has 17 heavy (non-hydrogen) atoms. The quantitative estimate of drug-likeness (QED) is 0.778. The van der Waals surface area contributed by atoms with Crippen molar-refractivity contribution in [3.63, 3.8) is 0 Å². The van der Waals surface area contributed by atoms with Gasteiger partial charge in [0.15, 0.2) is 6.29 Å². The largest absolute Gasteiger partial charge is 0.481 e. The summed E-state index contributed by atoms with van der Waals surface area (Å²) in [7, 11) is 0. The standard InChI is InChI=1S/C12H20O5/c13-9-7-8(12(14)15)4-5-10(9)17-11-3-1-2-6-16-11/h8-11,13H,1-7H2,(H,14,15). The summed E-state index contributed by atoms with van der Waals surface area (Å²) in [5, 5.41) is 18.8. The fraction of sp³-hybridized carbons (Fsp3) is 0.917. The van der Waals surface area contributed by atoms with Gasteiger partial charge in [0.25, 0.3) is 0 Å². The minimum absolute atomic E-state index is 0.218. The molecule has 2 rings (SSSR count). The van der Waals surface area contributed by atoms with Crippen molar-refractivity contribution in [2.75, 3.05) is 6.61 Å². The highest BCUT2D eigenvalue weighted by Crippen LogP contribution is 2.29. The Balaban J connectivity index is 1.80. The number of aliphatic hydroxyl groups is 1. The minimum Gasteiger partial charge on any atom is -0.481 e. The molecule has 1 saturated carbocycles. The molecule has 2 aliphatic rings. The van der Waals surface area contributed by atoms with Crippen molar-refractivity contribution in [2.45, 2.75) is 57.0 Å². The third-order valence-electron chi connectivity index (χ3n) is 3.57. The van der Waals surface area contributed by atoms with Gasteiger partial charge in [-0.25, -0.2) is 0 Å². The van der Waals surface area contributed by atoms with E-state index in [1.54, 1.807) is 0 Å². The van der Waals surface area contributed by atoms with Crippen LogP contribution in [0, 0.1) is 5.92 Å². The van der Waals surface area contributed by atoms with Crippen LogP contribution in [0.1, 0.15) is 38.5 Å². The Labute approximate surface area is 101 Å². The second-order valence-corrected chi connectivity index (χ2v) is 4.89. The zero-order valence-corrected chi connectivity index (χ0v) is 9.88. The maximum absolute atomic E-state index is 10.8. The Kier molecular flexibility index (Phi) is 4.36. The smallest absolute Gasteiger partial charge is 0.306 e. The number of carbonyl (C=O) groups is 1. The van der Waals surface area contributed by atoms with E-state index >= 15 is 0 Å². The molecular formula is C12H20O5. The van der Waals surface area contributed by atoms with Crippen LogP contribution >= 0.6 is 0 Å². The molecule has 98 valence electrons. The molecule has 0 aromatic rings. The average Bonchev–Trinajstić information content (AvgIpc) is 2.33. The Hall–Kier alpha value is -0.650. The van der Waals surface area contributed by atoms with Gasteiger partial charge in [0.05, 0.1) is 18.1 Å². The maximum Gasteiger partial charge on any atom is 0.306 e. The summed E-state index contributed by atoms with van der Waals surface area (Å²) in [6, 6.07) is 0. The highest BCUT2D eigenvalue weighted by molar-refractivity contribution is 5.70. The topological polar surface area (TPSA) is 76.0 Å². The number of rotatable bonds is 3. The SMILES string of the molecule is O=C(O)C1CCC(OC2CCCCO2)C(O)C1. The van der Waals surface area contributed by atoms with Gasteiger partial charge in [-0.1, -0.05) is 0 Å². The molecule has 1 saturated heterocycles. The lowest BCUT2D eigenvalue weighted by Gasteiger charge is -2.34. The van der Waals surface area contributed by atoms with E-state index in [0.29, 0.717) is 19.4 Å². The summed E-state index contributed by atoms with van der Waals surface area (Å²) in [4.78, 5) is 10.8. The Morgan fingerprint density at radius 2 is 2.06 bits per heavy atom. The molecule has 2 N–H and O–H groups in total. The predicted molar refractivity (Wildman–Crippen MR) is 59.4 cm³/mol. The van der Waals surface area contributed by atoms with Crippen molar-refractivity contribution in [1.29, 1.82) is 0 Å². The fourth-order valence-corrected chi connectivity index (χ4v) is 2.52. The van der Waals surface area contributed by atoms with Crippen LogP contribution in [-0.4, -0.2) is 41.3 Å². The van der Waals surface area contributed by atoms with Crippen LogP contribution in [0.2, 0.25) is 0 Å². The molecular weight excluding hydrogens is 224 g/mol. The van der Waals surface area contributed by atoms with Crippen LogP contribution in [0.4, 0.5) is 0 Å². The van der Waals surface area contributed by atoms with E-state index in [9.17, 15) is 9.90 Å². The Bertz CT molecular complexity index is 262. The van der Waals surface area contributed by atoms with E-state index in [0.717, 1.165) is 19.3 Å². The van der Waals surface area contributed by atoms with Gasteiger partial charge in [-0.05, 0) is 38.5 Å². The number of aliphatic hydroxyl groups excluding tert-OH is 1. The van der Waals surface area contributed by atoms with Gasteiger partial charge >= 0.3 is 5.97 Å². The third-order valence-corrected chi connectivity index (χ3v) is 3.57. The minimum atomic E-state index is -0.823. The molecule has 0 aromatic heterocycles. The van der Waals surface area contributed by atoms with E-state index in [-0.39, 0.29) is 18.8 Å². The summed E-state index contributed by atoms with van der Waals surface area (Å²) >= 11 is 0. The van der Waals surface area contributed by atoms with Crippen LogP contribution in [0.5, 0.6) is 0 Å². The first kappa shape index (κ1) is 12.8. The number of ether oxygens (including phenoxy) is 2. The Morgan fingerprint density at radius 3 is 2.65 bits per heavy atom. The molecule has 5 heteroatoms. The van der Waals surface area contributed by atoms with Crippen LogP contribution in [0.15, 0.2) is 0 Å². The van der Waals surface area contributed by atoms with E-state index in [4.69, 9.17) is 14.6 Å². The highest BCUT2D eigenvalue weighted by Gasteiger charge is 2.35. The summed E-state index contributed by atoms with van der Waals surface area (Å²) in [6.45, 7) is 0.714. The summed E-state index contributed by atoms with van der Waals surface area (Å²) in [6.07, 6.45) is 3.30. The summed E-state index contributed by atoms with van der Waals surface area (Å²) in [5.74, 6) is -1.26. The lowest BCUT2D eigenvalue weighted by Crippen LogP contribution is -2.41. The van der Waals surface area contributed by atoms with Crippen molar-refractivity contribution >= 4 is 5.97 Å². The molecule has 5 nitrogen and oxygen atoms in total. The summed E-state index contributed by atoms with van der Waals surface area (Å²) < 4.78 is 11.2. The van der Waals surface area contributed by atoms with Crippen LogP contribution in [0.25, 0.3) is 0 Å². The summed E-state index contributed by atoms with van der Waals surface area (Å²) in [5.41, 5.74) is 0. The molecule has 1 heterocycles. The second-order valence-electron chi connectivity index (χ2n) is 4.89. The van der Waals surface area contributed by atoms with Gasteiger partial charge in [0, 0.05) is 6.61 Å².